The van der Waals surface area contributed by atoms with Crippen LogP contribution in [0.2, 0.25) is 0 Å². The number of fused-ring (bicyclic) bond motifs is 1. The van der Waals surface area contributed by atoms with Gasteiger partial charge in [0.15, 0.2) is 6.10 Å². The fourth-order valence-corrected chi connectivity index (χ4v) is 1.62. The van der Waals surface area contributed by atoms with Gasteiger partial charge in [0.1, 0.15) is 5.75 Å². The van der Waals surface area contributed by atoms with Gasteiger partial charge in [0.2, 0.25) is 0 Å². The van der Waals surface area contributed by atoms with Gasteiger partial charge in [-0.3, -0.25) is 4.79 Å². The van der Waals surface area contributed by atoms with Gasteiger partial charge in [-0.2, -0.15) is 0 Å². The molecule has 0 bridgehead atoms. The fraction of sp³-hybridized carbons (Fsp3) is 0.417. The van der Waals surface area contributed by atoms with Crippen LogP contribution in [0, 0.1) is 0 Å². The Bertz CT molecular complexity index is 417. The second-order valence-electron chi connectivity index (χ2n) is 3.94. The van der Waals surface area contributed by atoms with Crippen LogP contribution >= 0.6 is 0 Å². The van der Waals surface area contributed by atoms with Crippen molar-refractivity contribution in [3.05, 3.63) is 18.2 Å². The largest absolute Gasteiger partial charge is 0.479 e. The summed E-state index contributed by atoms with van der Waals surface area (Å²) >= 11 is 0. The molecule has 1 heterocycles. The lowest BCUT2D eigenvalue weighted by Gasteiger charge is -2.25. The van der Waals surface area contributed by atoms with Crippen molar-refractivity contribution in [2.24, 2.45) is 0 Å². The number of amides is 1. The molecule has 1 aromatic carbocycles. The second kappa shape index (κ2) is 4.04. The standard InChI is InChI=1S/C12H16N2O2/c1-4-14(3)9-5-6-11-10(7-9)13-12(15)8(2)16-11/h5-8H,4H2,1-3H3,(H,13,15). The molecule has 0 fully saturated rings. The van der Waals surface area contributed by atoms with E-state index < -0.39 is 6.10 Å². The molecule has 1 unspecified atom stereocenters. The molecule has 0 radical (unpaired) electrons. The molecule has 16 heavy (non-hydrogen) atoms. The third kappa shape index (κ3) is 1.83. The highest BCUT2D eigenvalue weighted by atomic mass is 16.5. The highest BCUT2D eigenvalue weighted by Crippen LogP contribution is 2.32. The van der Waals surface area contributed by atoms with Gasteiger partial charge in [-0.1, -0.05) is 0 Å². The summed E-state index contributed by atoms with van der Waals surface area (Å²) in [5, 5.41) is 2.84. The summed E-state index contributed by atoms with van der Waals surface area (Å²) in [6.07, 6.45) is -0.415. The Kier molecular flexibility index (Phi) is 2.73. The lowest BCUT2D eigenvalue weighted by atomic mass is 10.2. The normalized spacial score (nSPS) is 18.4. The van der Waals surface area contributed by atoms with Gasteiger partial charge in [0, 0.05) is 19.3 Å². The summed E-state index contributed by atoms with van der Waals surface area (Å²) in [6, 6.07) is 5.82. The van der Waals surface area contributed by atoms with Crippen LogP contribution < -0.4 is 15.0 Å². The van der Waals surface area contributed by atoms with E-state index in [1.54, 1.807) is 6.92 Å². The summed E-state index contributed by atoms with van der Waals surface area (Å²) in [7, 11) is 2.01. The highest BCUT2D eigenvalue weighted by Gasteiger charge is 2.23. The number of hydrogen-bond acceptors (Lipinski definition) is 3. The van der Waals surface area contributed by atoms with Gasteiger partial charge < -0.3 is 15.0 Å². The maximum atomic E-state index is 11.5. The van der Waals surface area contributed by atoms with Gasteiger partial charge in [0.25, 0.3) is 5.91 Å². The maximum absolute atomic E-state index is 11.5. The number of carbonyl (C=O) groups excluding carboxylic acids is 1. The Labute approximate surface area is 95.2 Å². The Morgan fingerprint density at radius 2 is 2.25 bits per heavy atom. The minimum atomic E-state index is -0.415. The maximum Gasteiger partial charge on any atom is 0.265 e. The van der Waals surface area contributed by atoms with E-state index in [0.29, 0.717) is 0 Å². The smallest absolute Gasteiger partial charge is 0.265 e. The first-order valence-electron chi connectivity index (χ1n) is 5.44. The average Bonchev–Trinajstić information content (AvgIpc) is 2.29. The lowest BCUT2D eigenvalue weighted by molar-refractivity contribution is -0.122. The molecule has 2 rings (SSSR count). The number of hydrogen-bond donors (Lipinski definition) is 1. The Morgan fingerprint density at radius 3 is 2.94 bits per heavy atom. The molecule has 4 nitrogen and oxygen atoms in total. The van der Waals surface area contributed by atoms with Crippen LogP contribution in [0.3, 0.4) is 0 Å². The van der Waals surface area contributed by atoms with Gasteiger partial charge in [-0.05, 0) is 32.0 Å². The molecule has 1 amide bonds. The zero-order chi connectivity index (χ0) is 11.7. The molecule has 0 saturated carbocycles. The molecule has 1 aliphatic rings. The summed E-state index contributed by atoms with van der Waals surface area (Å²) in [5.41, 5.74) is 1.82. The van der Waals surface area contributed by atoms with E-state index >= 15 is 0 Å². The average molecular weight is 220 g/mol. The number of anilines is 2. The van der Waals surface area contributed by atoms with Crippen LogP contribution in [0.15, 0.2) is 18.2 Å². The number of ether oxygens (including phenoxy) is 1. The molecule has 0 aromatic heterocycles. The molecule has 1 aliphatic heterocycles. The Morgan fingerprint density at radius 1 is 1.50 bits per heavy atom. The Hall–Kier alpha value is -1.71. The molecule has 1 atom stereocenters. The first-order chi connectivity index (χ1) is 7.61. The number of benzene rings is 1. The highest BCUT2D eigenvalue weighted by molar-refractivity contribution is 5.98. The molecule has 1 N–H and O–H groups in total. The van der Waals surface area contributed by atoms with Crippen molar-refractivity contribution in [3.8, 4) is 5.75 Å². The number of nitrogens with zero attached hydrogens (tertiary/aromatic N) is 1. The molecule has 1 aromatic rings. The van der Waals surface area contributed by atoms with E-state index in [1.165, 1.54) is 0 Å². The number of carbonyl (C=O) groups is 1. The van der Waals surface area contributed by atoms with Crippen LogP contribution in [0.4, 0.5) is 11.4 Å². The van der Waals surface area contributed by atoms with Crippen LogP contribution in [-0.4, -0.2) is 25.6 Å². The number of rotatable bonds is 2. The van der Waals surface area contributed by atoms with Crippen molar-refractivity contribution in [1.29, 1.82) is 0 Å². The number of nitrogens with one attached hydrogen (secondary N) is 1. The van der Waals surface area contributed by atoms with E-state index in [1.807, 2.05) is 25.2 Å². The topological polar surface area (TPSA) is 41.6 Å². The predicted octanol–water partition coefficient (Wildman–Crippen LogP) is 1.86. The summed E-state index contributed by atoms with van der Waals surface area (Å²) in [6.45, 7) is 4.74. The molecule has 0 spiro atoms. The molecule has 4 heteroatoms. The predicted molar refractivity (Wildman–Crippen MR) is 64.1 cm³/mol. The van der Waals surface area contributed by atoms with E-state index in [-0.39, 0.29) is 5.91 Å². The minimum absolute atomic E-state index is 0.0937. The SMILES string of the molecule is CCN(C)c1ccc2c(c1)NC(=O)C(C)O2. The van der Waals surface area contributed by atoms with Crippen molar-refractivity contribution >= 4 is 17.3 Å². The van der Waals surface area contributed by atoms with Gasteiger partial charge in [0.05, 0.1) is 5.69 Å². The van der Waals surface area contributed by atoms with E-state index in [4.69, 9.17) is 4.74 Å². The van der Waals surface area contributed by atoms with Crippen LogP contribution in [0.5, 0.6) is 5.75 Å². The zero-order valence-corrected chi connectivity index (χ0v) is 9.78. The fourth-order valence-electron chi connectivity index (χ4n) is 1.62. The molecule has 86 valence electrons. The van der Waals surface area contributed by atoms with Gasteiger partial charge in [-0.25, -0.2) is 0 Å². The first-order valence-corrected chi connectivity index (χ1v) is 5.44. The first kappa shape index (κ1) is 10.8. The summed E-state index contributed by atoms with van der Waals surface area (Å²) in [4.78, 5) is 13.6. The van der Waals surface area contributed by atoms with Gasteiger partial charge >= 0.3 is 0 Å². The van der Waals surface area contributed by atoms with E-state index in [9.17, 15) is 4.79 Å². The van der Waals surface area contributed by atoms with Crippen molar-refractivity contribution in [3.63, 3.8) is 0 Å². The molecular weight excluding hydrogens is 204 g/mol. The van der Waals surface area contributed by atoms with Crippen molar-refractivity contribution in [2.75, 3.05) is 23.8 Å². The van der Waals surface area contributed by atoms with Crippen LogP contribution in [-0.2, 0) is 4.79 Å². The molecule has 0 saturated heterocycles. The van der Waals surface area contributed by atoms with Crippen LogP contribution in [0.1, 0.15) is 13.8 Å². The minimum Gasteiger partial charge on any atom is -0.479 e. The second-order valence-corrected chi connectivity index (χ2v) is 3.94. The van der Waals surface area contributed by atoms with Crippen molar-refractivity contribution in [2.45, 2.75) is 20.0 Å². The Balaban J connectivity index is 2.32. The van der Waals surface area contributed by atoms with Gasteiger partial charge in [-0.15, -0.1) is 0 Å². The quantitative estimate of drug-likeness (QED) is 0.827. The third-order valence-electron chi connectivity index (χ3n) is 2.81. The lowest BCUT2D eigenvalue weighted by Crippen LogP contribution is -2.34. The van der Waals surface area contributed by atoms with E-state index in [2.05, 4.69) is 17.1 Å². The molecule has 0 aliphatic carbocycles. The van der Waals surface area contributed by atoms with Crippen molar-refractivity contribution in [1.82, 2.24) is 0 Å². The monoisotopic (exact) mass is 220 g/mol. The summed E-state index contributed by atoms with van der Waals surface area (Å²) < 4.78 is 5.48. The van der Waals surface area contributed by atoms with E-state index in [0.717, 1.165) is 23.7 Å². The zero-order valence-electron chi connectivity index (χ0n) is 9.78. The molecular formula is C12H16N2O2. The third-order valence-corrected chi connectivity index (χ3v) is 2.81. The van der Waals surface area contributed by atoms with Crippen molar-refractivity contribution < 1.29 is 9.53 Å². The summed E-state index contributed by atoms with van der Waals surface area (Å²) in [5.74, 6) is 0.643. The van der Waals surface area contributed by atoms with Crippen LogP contribution in [0.25, 0.3) is 0 Å².